The zero-order chi connectivity index (χ0) is 19.6. The topological polar surface area (TPSA) is 133 Å². The second-order valence-corrected chi connectivity index (χ2v) is 6.68. The summed E-state index contributed by atoms with van der Waals surface area (Å²) in [6.07, 6.45) is 0. The van der Waals surface area contributed by atoms with Crippen molar-refractivity contribution in [3.63, 3.8) is 0 Å². The second kappa shape index (κ2) is 7.46. The van der Waals surface area contributed by atoms with E-state index in [2.05, 4.69) is 5.32 Å². The molecule has 0 aliphatic carbocycles. The minimum Gasteiger partial charge on any atom is -0.545 e. The molecular weight excluding hydrogens is 374 g/mol. The van der Waals surface area contributed by atoms with Gasteiger partial charge in [-0.05, 0) is 35.0 Å². The Morgan fingerprint density at radius 3 is 2.30 bits per heavy atom. The van der Waals surface area contributed by atoms with Gasteiger partial charge in [-0.15, -0.1) is 0 Å². The lowest BCUT2D eigenvalue weighted by Gasteiger charge is -2.15. The van der Waals surface area contributed by atoms with E-state index in [1.54, 1.807) is 0 Å². The highest BCUT2D eigenvalue weighted by Crippen LogP contribution is 2.30. The molecule has 0 saturated carbocycles. The number of non-ortho nitro benzene ring substituents is 1. The van der Waals surface area contributed by atoms with Gasteiger partial charge in [0.2, 0.25) is 0 Å². The highest BCUT2D eigenvalue weighted by Gasteiger charge is 2.39. The standard InChI is InChI=1S/C17H13N3O6S/c21-15-14(18-12-5-3-11(4-6-12)16(22)23)27-17(24)19(15)9-10-1-7-13(8-2-10)20(25)26/h1-8,14,18H,9H2,(H,22,23)/p-1/t14-/m1/s1. The van der Waals surface area contributed by atoms with Crippen molar-refractivity contribution in [1.29, 1.82) is 0 Å². The highest BCUT2D eigenvalue weighted by atomic mass is 32.2. The number of nitro groups is 1. The van der Waals surface area contributed by atoms with Crippen molar-refractivity contribution in [3.05, 3.63) is 69.8 Å². The maximum absolute atomic E-state index is 12.5. The molecule has 2 aromatic rings. The smallest absolute Gasteiger partial charge is 0.291 e. The minimum absolute atomic E-state index is 0.00169. The molecule has 9 nitrogen and oxygen atoms in total. The molecule has 10 heteroatoms. The van der Waals surface area contributed by atoms with Crippen molar-refractivity contribution >= 4 is 40.3 Å². The van der Waals surface area contributed by atoms with Crippen LogP contribution in [0.15, 0.2) is 48.5 Å². The predicted molar refractivity (Wildman–Crippen MR) is 94.8 cm³/mol. The molecule has 3 rings (SSSR count). The largest absolute Gasteiger partial charge is 0.545 e. The number of anilines is 1. The normalized spacial score (nSPS) is 16.4. The quantitative estimate of drug-likeness (QED) is 0.584. The summed E-state index contributed by atoms with van der Waals surface area (Å²) in [6, 6.07) is 11.2. The van der Waals surface area contributed by atoms with Crippen LogP contribution in [0.4, 0.5) is 16.2 Å². The summed E-state index contributed by atoms with van der Waals surface area (Å²) in [5.74, 6) is -1.76. The fourth-order valence-corrected chi connectivity index (χ4v) is 3.35. The average molecular weight is 386 g/mol. The molecule has 1 fully saturated rings. The van der Waals surface area contributed by atoms with E-state index in [0.717, 1.165) is 16.7 Å². The fourth-order valence-electron chi connectivity index (χ4n) is 2.44. The molecule has 2 amide bonds. The molecule has 1 aliphatic heterocycles. The van der Waals surface area contributed by atoms with Gasteiger partial charge in [-0.2, -0.15) is 0 Å². The maximum atomic E-state index is 12.5. The van der Waals surface area contributed by atoms with Gasteiger partial charge < -0.3 is 15.2 Å². The number of nitrogens with zero attached hydrogens (tertiary/aromatic N) is 2. The number of hydrogen-bond acceptors (Lipinski definition) is 8. The van der Waals surface area contributed by atoms with E-state index in [0.29, 0.717) is 11.3 Å². The number of carboxylic acids is 1. The number of carbonyl (C=O) groups excluding carboxylic acids is 3. The molecule has 0 spiro atoms. The van der Waals surface area contributed by atoms with Gasteiger partial charge in [-0.1, -0.05) is 24.3 Å². The van der Waals surface area contributed by atoms with Gasteiger partial charge in [-0.3, -0.25) is 24.6 Å². The van der Waals surface area contributed by atoms with Crippen LogP contribution in [0.5, 0.6) is 0 Å². The Kier molecular flexibility index (Phi) is 5.08. The summed E-state index contributed by atoms with van der Waals surface area (Å²) in [4.78, 5) is 46.6. The number of thioether (sulfide) groups is 1. The van der Waals surface area contributed by atoms with E-state index >= 15 is 0 Å². The molecule has 0 aromatic heterocycles. The molecule has 1 atom stereocenters. The first-order chi connectivity index (χ1) is 12.8. The Hall–Kier alpha value is -3.40. The van der Waals surface area contributed by atoms with Crippen LogP contribution in [-0.4, -0.2) is 32.3 Å². The molecule has 1 N–H and O–H groups in total. The van der Waals surface area contributed by atoms with Crippen LogP contribution in [-0.2, 0) is 11.3 Å². The molecule has 1 heterocycles. The van der Waals surface area contributed by atoms with Gasteiger partial charge >= 0.3 is 0 Å². The predicted octanol–water partition coefficient (Wildman–Crippen LogP) is 1.59. The monoisotopic (exact) mass is 386 g/mol. The lowest BCUT2D eigenvalue weighted by atomic mass is 10.2. The summed E-state index contributed by atoms with van der Waals surface area (Å²) < 4.78 is 0. The van der Waals surface area contributed by atoms with Crippen LogP contribution in [0.1, 0.15) is 15.9 Å². The number of rotatable bonds is 6. The number of imide groups is 1. The van der Waals surface area contributed by atoms with Crippen LogP contribution in [0, 0.1) is 10.1 Å². The van der Waals surface area contributed by atoms with Crippen molar-refractivity contribution in [1.82, 2.24) is 4.90 Å². The van der Waals surface area contributed by atoms with Crippen molar-refractivity contribution in [2.75, 3.05) is 5.32 Å². The van der Waals surface area contributed by atoms with E-state index in [-0.39, 0.29) is 17.8 Å². The van der Waals surface area contributed by atoms with E-state index in [1.807, 2.05) is 0 Å². The molecular formula is C17H12N3O6S-. The van der Waals surface area contributed by atoms with Gasteiger partial charge in [0.05, 0.1) is 17.4 Å². The minimum atomic E-state index is -1.31. The number of carboxylic acid groups (broad SMARTS) is 1. The number of nitro benzene ring substituents is 1. The first-order valence-corrected chi connectivity index (χ1v) is 8.56. The number of hydrogen-bond donors (Lipinski definition) is 1. The summed E-state index contributed by atoms with van der Waals surface area (Å²) in [7, 11) is 0. The van der Waals surface area contributed by atoms with E-state index < -0.39 is 27.4 Å². The van der Waals surface area contributed by atoms with Crippen LogP contribution in [0.25, 0.3) is 0 Å². The maximum Gasteiger partial charge on any atom is 0.291 e. The van der Waals surface area contributed by atoms with Crippen LogP contribution in [0.2, 0.25) is 0 Å². The third kappa shape index (κ3) is 4.06. The van der Waals surface area contributed by atoms with Gasteiger partial charge in [0.25, 0.3) is 16.8 Å². The van der Waals surface area contributed by atoms with E-state index in [9.17, 15) is 29.6 Å². The molecule has 138 valence electrons. The summed E-state index contributed by atoms with van der Waals surface area (Å²) in [6.45, 7) is 0.00443. The van der Waals surface area contributed by atoms with E-state index in [1.165, 1.54) is 48.5 Å². The Morgan fingerprint density at radius 2 is 1.74 bits per heavy atom. The van der Waals surface area contributed by atoms with Crippen LogP contribution in [0.3, 0.4) is 0 Å². The Morgan fingerprint density at radius 1 is 1.11 bits per heavy atom. The average Bonchev–Trinajstić information content (AvgIpc) is 2.90. The summed E-state index contributed by atoms with van der Waals surface area (Å²) >= 11 is 0.804. The second-order valence-electron chi connectivity index (χ2n) is 5.62. The Bertz CT molecular complexity index is 913. The number of aromatic carboxylic acids is 1. The molecule has 2 aromatic carbocycles. The van der Waals surface area contributed by atoms with Gasteiger partial charge in [0, 0.05) is 17.8 Å². The zero-order valence-corrected chi connectivity index (χ0v) is 14.5. The highest BCUT2D eigenvalue weighted by molar-refractivity contribution is 8.15. The lowest BCUT2D eigenvalue weighted by Crippen LogP contribution is -2.33. The fraction of sp³-hybridized carbons (Fsp3) is 0.118. The summed E-state index contributed by atoms with van der Waals surface area (Å²) in [5, 5.41) is 23.0. The number of nitrogens with one attached hydrogen (secondary N) is 1. The number of amides is 2. The lowest BCUT2D eigenvalue weighted by molar-refractivity contribution is -0.384. The van der Waals surface area contributed by atoms with Crippen molar-refractivity contribution in [2.45, 2.75) is 11.9 Å². The van der Waals surface area contributed by atoms with E-state index in [4.69, 9.17) is 0 Å². The number of benzene rings is 2. The van der Waals surface area contributed by atoms with Crippen molar-refractivity contribution < 1.29 is 24.4 Å². The summed E-state index contributed by atoms with van der Waals surface area (Å²) in [5.41, 5.74) is 0.992. The molecule has 1 aliphatic rings. The van der Waals surface area contributed by atoms with Crippen LogP contribution < -0.4 is 10.4 Å². The molecule has 0 radical (unpaired) electrons. The molecule has 27 heavy (non-hydrogen) atoms. The first-order valence-electron chi connectivity index (χ1n) is 7.68. The number of carbonyl (C=O) groups is 3. The Labute approximate surface area is 157 Å². The van der Waals surface area contributed by atoms with Crippen LogP contribution >= 0.6 is 11.8 Å². The van der Waals surface area contributed by atoms with Gasteiger partial charge in [0.1, 0.15) is 0 Å². The zero-order valence-electron chi connectivity index (χ0n) is 13.7. The molecule has 0 unspecified atom stereocenters. The molecule has 1 saturated heterocycles. The SMILES string of the molecule is O=C([O-])c1ccc(N[C@@H]2SC(=O)N(Cc3ccc([N+](=O)[O-])cc3)C2=O)cc1. The third-order valence-corrected chi connectivity index (χ3v) is 4.81. The molecule has 0 bridgehead atoms. The Balaban J connectivity index is 1.67. The van der Waals surface area contributed by atoms with Crippen molar-refractivity contribution in [3.8, 4) is 0 Å². The third-order valence-electron chi connectivity index (χ3n) is 3.84. The van der Waals surface area contributed by atoms with Crippen molar-refractivity contribution in [2.24, 2.45) is 0 Å². The first kappa shape index (κ1) is 18.4. The van der Waals surface area contributed by atoms with Gasteiger partial charge in [0.15, 0.2) is 5.37 Å². The van der Waals surface area contributed by atoms with Gasteiger partial charge in [-0.25, -0.2) is 0 Å².